The van der Waals surface area contributed by atoms with Crippen molar-refractivity contribution in [1.29, 1.82) is 0 Å². The zero-order chi connectivity index (χ0) is 14.0. The van der Waals surface area contributed by atoms with Crippen molar-refractivity contribution in [2.24, 2.45) is 5.92 Å². The van der Waals surface area contributed by atoms with E-state index in [0.29, 0.717) is 6.42 Å². The van der Waals surface area contributed by atoms with Crippen LogP contribution in [0.15, 0.2) is 73.3 Å². The fourth-order valence-electron chi connectivity index (χ4n) is 3.12. The van der Waals surface area contributed by atoms with Gasteiger partial charge in [0.25, 0.3) is 0 Å². The van der Waals surface area contributed by atoms with E-state index in [1.807, 2.05) is 42.5 Å². The highest BCUT2D eigenvalue weighted by Crippen LogP contribution is 2.42. The standard InChI is InChI=1S/C18H17NO/c1-2-14-13-17(20)19-18(14,15-9-5-3-6-10-15)16-11-7-4-8-12-16/h2-12,14H,1,13H2,(H,19,20). The third-order valence-corrected chi connectivity index (χ3v) is 4.04. The van der Waals surface area contributed by atoms with Crippen LogP contribution >= 0.6 is 0 Å². The molecule has 1 N–H and O–H groups in total. The molecular formula is C18H17NO. The Morgan fingerprint density at radius 2 is 1.50 bits per heavy atom. The Balaban J connectivity index is 2.23. The minimum Gasteiger partial charge on any atom is -0.342 e. The lowest BCUT2D eigenvalue weighted by Crippen LogP contribution is -2.43. The number of carbonyl (C=O) groups is 1. The first kappa shape index (κ1) is 12.7. The van der Waals surface area contributed by atoms with Crippen LogP contribution in [0.4, 0.5) is 0 Å². The second-order valence-corrected chi connectivity index (χ2v) is 5.13. The van der Waals surface area contributed by atoms with Crippen LogP contribution in [-0.4, -0.2) is 5.91 Å². The summed E-state index contributed by atoms with van der Waals surface area (Å²) in [6.45, 7) is 3.93. The average Bonchev–Trinajstić information content (AvgIpc) is 2.87. The number of carbonyl (C=O) groups excluding carboxylic acids is 1. The third-order valence-electron chi connectivity index (χ3n) is 4.04. The second-order valence-electron chi connectivity index (χ2n) is 5.13. The second kappa shape index (κ2) is 4.97. The van der Waals surface area contributed by atoms with Gasteiger partial charge in [0, 0.05) is 12.3 Å². The van der Waals surface area contributed by atoms with E-state index in [4.69, 9.17) is 0 Å². The summed E-state index contributed by atoms with van der Waals surface area (Å²) in [5.74, 6) is 0.127. The molecule has 2 heteroatoms. The lowest BCUT2D eigenvalue weighted by atomic mass is 9.74. The molecule has 1 aliphatic rings. The van der Waals surface area contributed by atoms with Crippen molar-refractivity contribution in [3.8, 4) is 0 Å². The lowest BCUT2D eigenvalue weighted by molar-refractivity contribution is -0.119. The maximum atomic E-state index is 12.0. The minimum atomic E-state index is -0.499. The molecule has 2 aromatic carbocycles. The predicted octanol–water partition coefficient (Wildman–Crippen LogP) is 3.25. The Bertz CT molecular complexity index is 579. The monoisotopic (exact) mass is 263 g/mol. The SMILES string of the molecule is C=CC1CC(=O)NC1(c1ccccc1)c1ccccc1. The van der Waals surface area contributed by atoms with Gasteiger partial charge in [-0.1, -0.05) is 66.7 Å². The quantitative estimate of drug-likeness (QED) is 0.846. The highest BCUT2D eigenvalue weighted by atomic mass is 16.2. The van der Waals surface area contributed by atoms with Crippen molar-refractivity contribution in [3.05, 3.63) is 84.4 Å². The highest BCUT2D eigenvalue weighted by Gasteiger charge is 2.47. The van der Waals surface area contributed by atoms with E-state index in [9.17, 15) is 4.79 Å². The summed E-state index contributed by atoms with van der Waals surface area (Å²) in [6.07, 6.45) is 2.37. The highest BCUT2D eigenvalue weighted by molar-refractivity contribution is 5.82. The van der Waals surface area contributed by atoms with E-state index in [1.54, 1.807) is 0 Å². The van der Waals surface area contributed by atoms with E-state index < -0.39 is 5.54 Å². The van der Waals surface area contributed by atoms with Gasteiger partial charge >= 0.3 is 0 Å². The van der Waals surface area contributed by atoms with Crippen molar-refractivity contribution in [2.75, 3.05) is 0 Å². The van der Waals surface area contributed by atoms with Crippen molar-refractivity contribution >= 4 is 5.91 Å². The smallest absolute Gasteiger partial charge is 0.221 e. The van der Waals surface area contributed by atoms with Crippen molar-refractivity contribution in [2.45, 2.75) is 12.0 Å². The Hall–Kier alpha value is -2.35. The molecule has 1 heterocycles. The van der Waals surface area contributed by atoms with Crippen molar-refractivity contribution in [1.82, 2.24) is 5.32 Å². The van der Waals surface area contributed by atoms with Crippen LogP contribution in [0.2, 0.25) is 0 Å². The third kappa shape index (κ3) is 1.85. The summed E-state index contributed by atoms with van der Waals surface area (Å²) >= 11 is 0. The number of rotatable bonds is 3. The van der Waals surface area contributed by atoms with E-state index >= 15 is 0 Å². The van der Waals surface area contributed by atoms with Gasteiger partial charge in [-0.05, 0) is 11.1 Å². The van der Waals surface area contributed by atoms with Gasteiger partial charge in [-0.25, -0.2) is 0 Å². The van der Waals surface area contributed by atoms with Gasteiger partial charge in [0.15, 0.2) is 0 Å². The molecule has 1 unspecified atom stereocenters. The van der Waals surface area contributed by atoms with Gasteiger partial charge in [-0.15, -0.1) is 6.58 Å². The van der Waals surface area contributed by atoms with Crippen molar-refractivity contribution in [3.63, 3.8) is 0 Å². The molecule has 2 aromatic rings. The molecule has 100 valence electrons. The van der Waals surface area contributed by atoms with Crippen LogP contribution < -0.4 is 5.32 Å². The van der Waals surface area contributed by atoms with Gasteiger partial charge in [0.05, 0.1) is 5.54 Å². The predicted molar refractivity (Wildman–Crippen MR) is 80.1 cm³/mol. The molecule has 1 saturated heterocycles. The molecule has 0 aliphatic carbocycles. The van der Waals surface area contributed by atoms with Crippen LogP contribution in [0, 0.1) is 5.92 Å². The molecule has 2 nitrogen and oxygen atoms in total. The largest absolute Gasteiger partial charge is 0.342 e. The number of amides is 1. The summed E-state index contributed by atoms with van der Waals surface area (Å²) in [5.41, 5.74) is 1.70. The first-order chi connectivity index (χ1) is 9.77. The Kier molecular flexibility index (Phi) is 3.15. The van der Waals surface area contributed by atoms with E-state index in [1.165, 1.54) is 0 Å². The maximum absolute atomic E-state index is 12.0. The van der Waals surface area contributed by atoms with Crippen LogP contribution in [-0.2, 0) is 10.3 Å². The molecule has 1 aliphatic heterocycles. The average molecular weight is 263 g/mol. The van der Waals surface area contributed by atoms with Gasteiger partial charge < -0.3 is 5.32 Å². The van der Waals surface area contributed by atoms with Crippen molar-refractivity contribution < 1.29 is 4.79 Å². The van der Waals surface area contributed by atoms with E-state index in [2.05, 4.69) is 36.2 Å². The lowest BCUT2D eigenvalue weighted by Gasteiger charge is -2.35. The maximum Gasteiger partial charge on any atom is 0.221 e. The molecule has 1 fully saturated rings. The fourth-order valence-corrected chi connectivity index (χ4v) is 3.12. The molecule has 3 rings (SSSR count). The fraction of sp³-hybridized carbons (Fsp3) is 0.167. The number of hydrogen-bond donors (Lipinski definition) is 1. The van der Waals surface area contributed by atoms with Gasteiger partial charge in [0.1, 0.15) is 0 Å². The summed E-state index contributed by atoms with van der Waals surface area (Å²) in [4.78, 5) is 12.0. The summed E-state index contributed by atoms with van der Waals surface area (Å²) in [5, 5.41) is 3.19. The van der Waals surface area contributed by atoms with Gasteiger partial charge in [-0.3, -0.25) is 4.79 Å². The molecule has 0 saturated carbocycles. The van der Waals surface area contributed by atoms with E-state index in [0.717, 1.165) is 11.1 Å². The molecule has 0 radical (unpaired) electrons. The summed E-state index contributed by atoms with van der Waals surface area (Å²) in [7, 11) is 0. The summed E-state index contributed by atoms with van der Waals surface area (Å²) < 4.78 is 0. The zero-order valence-electron chi connectivity index (χ0n) is 11.3. The molecule has 0 spiro atoms. The first-order valence-corrected chi connectivity index (χ1v) is 6.82. The van der Waals surface area contributed by atoms with Gasteiger partial charge in [-0.2, -0.15) is 0 Å². The van der Waals surface area contributed by atoms with Crippen LogP contribution in [0.3, 0.4) is 0 Å². The Morgan fingerprint density at radius 3 is 1.95 bits per heavy atom. The van der Waals surface area contributed by atoms with E-state index in [-0.39, 0.29) is 11.8 Å². The molecule has 20 heavy (non-hydrogen) atoms. The molecule has 0 aromatic heterocycles. The molecular weight excluding hydrogens is 246 g/mol. The van der Waals surface area contributed by atoms with Crippen LogP contribution in [0.25, 0.3) is 0 Å². The number of benzene rings is 2. The normalized spacial score (nSPS) is 20.4. The van der Waals surface area contributed by atoms with Crippen LogP contribution in [0.1, 0.15) is 17.5 Å². The Labute approximate surface area is 119 Å². The molecule has 0 bridgehead atoms. The van der Waals surface area contributed by atoms with Gasteiger partial charge in [0.2, 0.25) is 5.91 Å². The zero-order valence-corrected chi connectivity index (χ0v) is 11.3. The number of nitrogens with one attached hydrogen (secondary N) is 1. The minimum absolute atomic E-state index is 0.0554. The molecule has 1 atom stereocenters. The van der Waals surface area contributed by atoms with Crippen LogP contribution in [0.5, 0.6) is 0 Å². The Morgan fingerprint density at radius 1 is 1.00 bits per heavy atom. The number of hydrogen-bond acceptors (Lipinski definition) is 1. The summed E-state index contributed by atoms with van der Waals surface area (Å²) in [6, 6.07) is 20.3. The molecule has 1 amide bonds. The first-order valence-electron chi connectivity index (χ1n) is 6.82. The topological polar surface area (TPSA) is 29.1 Å².